The monoisotopic (exact) mass is 302 g/mol. The largest absolute Gasteiger partial charge is 0.490 e. The van der Waals surface area contributed by atoms with Crippen molar-refractivity contribution in [2.45, 2.75) is 33.1 Å². The summed E-state index contributed by atoms with van der Waals surface area (Å²) in [6, 6.07) is 5.29. The van der Waals surface area contributed by atoms with E-state index in [4.69, 9.17) is 39.1 Å². The van der Waals surface area contributed by atoms with E-state index in [-0.39, 0.29) is 11.3 Å². The minimum atomic E-state index is -0.248. The van der Waals surface area contributed by atoms with E-state index in [9.17, 15) is 0 Å². The second kappa shape index (κ2) is 7.01. The Balaban J connectivity index is 2.34. The average Bonchev–Trinajstić information content (AvgIpc) is 2.31. The van der Waals surface area contributed by atoms with Gasteiger partial charge in [0.2, 0.25) is 0 Å². The molecule has 0 fully saturated rings. The molecule has 19 heavy (non-hydrogen) atoms. The normalized spacial score (nSPS) is 11.4. The van der Waals surface area contributed by atoms with Crippen molar-refractivity contribution in [1.29, 1.82) is 5.41 Å². The van der Waals surface area contributed by atoms with Crippen LogP contribution in [0.25, 0.3) is 0 Å². The van der Waals surface area contributed by atoms with Crippen molar-refractivity contribution in [3.05, 3.63) is 28.2 Å². The second-order valence-electron chi connectivity index (χ2n) is 5.15. The van der Waals surface area contributed by atoms with Gasteiger partial charge in [-0.05, 0) is 31.4 Å². The fourth-order valence-electron chi connectivity index (χ4n) is 1.60. The van der Waals surface area contributed by atoms with Crippen LogP contribution in [0.15, 0.2) is 18.2 Å². The molecule has 0 atom stereocenters. The number of unbranched alkanes of at least 4 members (excludes halogenated alkanes) is 1. The minimum Gasteiger partial charge on any atom is -0.490 e. The van der Waals surface area contributed by atoms with Gasteiger partial charge in [0.1, 0.15) is 0 Å². The number of hydrogen-bond acceptors (Lipinski definition) is 2. The number of nitrogens with two attached hydrogens (primary N) is 1. The smallest absolute Gasteiger partial charge is 0.156 e. The van der Waals surface area contributed by atoms with Gasteiger partial charge in [0, 0.05) is 5.41 Å². The van der Waals surface area contributed by atoms with Crippen molar-refractivity contribution in [3.8, 4) is 5.75 Å². The lowest BCUT2D eigenvalue weighted by molar-refractivity contribution is 0.296. The third-order valence-electron chi connectivity index (χ3n) is 3.09. The van der Waals surface area contributed by atoms with Gasteiger partial charge in [-0.1, -0.05) is 43.1 Å². The topological polar surface area (TPSA) is 59.1 Å². The van der Waals surface area contributed by atoms with E-state index in [1.54, 1.807) is 18.2 Å². The predicted molar refractivity (Wildman–Crippen MR) is 81.5 cm³/mol. The molecule has 3 nitrogen and oxygen atoms in total. The standard InChI is InChI=1S/C14H20Cl2N2O/c1-14(2,13(17)18)8-3-4-9-19-12-10(15)6-5-7-11(12)16/h5-7H,3-4,8-9H2,1-2H3,(H3,17,18). The number of amidine groups is 1. The maximum atomic E-state index is 7.48. The van der Waals surface area contributed by atoms with Crippen LogP contribution < -0.4 is 10.5 Å². The zero-order valence-corrected chi connectivity index (χ0v) is 12.8. The first-order valence-corrected chi connectivity index (χ1v) is 7.01. The van der Waals surface area contributed by atoms with E-state index in [2.05, 4.69) is 0 Å². The summed E-state index contributed by atoms with van der Waals surface area (Å²) in [7, 11) is 0. The van der Waals surface area contributed by atoms with Crippen molar-refractivity contribution in [2.75, 3.05) is 6.61 Å². The lowest BCUT2D eigenvalue weighted by atomic mass is 9.86. The van der Waals surface area contributed by atoms with Gasteiger partial charge in [0.25, 0.3) is 0 Å². The highest BCUT2D eigenvalue weighted by molar-refractivity contribution is 6.37. The van der Waals surface area contributed by atoms with E-state index in [0.29, 0.717) is 22.4 Å². The third-order valence-corrected chi connectivity index (χ3v) is 3.69. The highest BCUT2D eigenvalue weighted by atomic mass is 35.5. The van der Waals surface area contributed by atoms with Crippen LogP contribution >= 0.6 is 23.2 Å². The molecule has 0 aliphatic carbocycles. The molecular weight excluding hydrogens is 283 g/mol. The first-order chi connectivity index (χ1) is 8.84. The van der Waals surface area contributed by atoms with E-state index in [1.165, 1.54) is 0 Å². The van der Waals surface area contributed by atoms with Crippen LogP contribution in [0.1, 0.15) is 33.1 Å². The predicted octanol–water partition coefficient (Wildman–Crippen LogP) is 4.50. The molecule has 0 saturated carbocycles. The third kappa shape index (κ3) is 4.92. The molecule has 0 heterocycles. The summed E-state index contributed by atoms with van der Waals surface area (Å²) in [5.74, 6) is 0.763. The van der Waals surface area contributed by atoms with Crippen molar-refractivity contribution >= 4 is 29.0 Å². The quantitative estimate of drug-likeness (QED) is 0.442. The SMILES string of the molecule is CC(C)(CCCCOc1c(Cl)cccc1Cl)C(=N)N. The van der Waals surface area contributed by atoms with Crippen LogP contribution in [0.4, 0.5) is 0 Å². The molecule has 0 aliphatic rings. The molecule has 1 aromatic carbocycles. The fraction of sp³-hybridized carbons (Fsp3) is 0.500. The van der Waals surface area contributed by atoms with E-state index in [1.807, 2.05) is 13.8 Å². The average molecular weight is 303 g/mol. The number of halogens is 2. The van der Waals surface area contributed by atoms with E-state index >= 15 is 0 Å². The Bertz CT molecular complexity index is 427. The van der Waals surface area contributed by atoms with Gasteiger partial charge in [-0.25, -0.2) is 0 Å². The zero-order chi connectivity index (χ0) is 14.5. The molecule has 0 amide bonds. The van der Waals surface area contributed by atoms with Crippen molar-refractivity contribution in [3.63, 3.8) is 0 Å². The summed E-state index contributed by atoms with van der Waals surface area (Å²) in [6.07, 6.45) is 2.68. The zero-order valence-electron chi connectivity index (χ0n) is 11.3. The maximum Gasteiger partial charge on any atom is 0.156 e. The number of ether oxygens (including phenoxy) is 1. The molecular formula is C14H20Cl2N2O. The van der Waals surface area contributed by atoms with Crippen LogP contribution in [0, 0.1) is 10.8 Å². The molecule has 3 N–H and O–H groups in total. The molecule has 1 aromatic rings. The van der Waals surface area contributed by atoms with E-state index in [0.717, 1.165) is 19.3 Å². The summed E-state index contributed by atoms with van der Waals surface area (Å²) >= 11 is 12.0. The summed E-state index contributed by atoms with van der Waals surface area (Å²) in [5, 5.41) is 8.53. The van der Waals surface area contributed by atoms with Gasteiger partial charge in [-0.15, -0.1) is 0 Å². The maximum absolute atomic E-state index is 7.48. The first kappa shape index (κ1) is 16.1. The Morgan fingerprint density at radius 1 is 1.26 bits per heavy atom. The number of para-hydroxylation sites is 1. The molecule has 0 spiro atoms. The molecule has 1 rings (SSSR count). The Labute approximate surface area is 124 Å². The number of hydrogen-bond donors (Lipinski definition) is 2. The highest BCUT2D eigenvalue weighted by Gasteiger charge is 2.20. The van der Waals surface area contributed by atoms with E-state index < -0.39 is 0 Å². The van der Waals surface area contributed by atoms with Gasteiger partial charge in [0.05, 0.1) is 22.5 Å². The molecule has 0 bridgehead atoms. The van der Waals surface area contributed by atoms with Crippen LogP contribution in [-0.2, 0) is 0 Å². The van der Waals surface area contributed by atoms with Gasteiger partial charge < -0.3 is 10.5 Å². The second-order valence-corrected chi connectivity index (χ2v) is 5.97. The van der Waals surface area contributed by atoms with Gasteiger partial charge in [-0.3, -0.25) is 5.41 Å². The highest BCUT2D eigenvalue weighted by Crippen LogP contribution is 2.32. The number of nitrogens with one attached hydrogen (secondary N) is 1. The summed E-state index contributed by atoms with van der Waals surface area (Å²) in [4.78, 5) is 0. The van der Waals surface area contributed by atoms with Gasteiger partial charge in [-0.2, -0.15) is 0 Å². The molecule has 0 saturated heterocycles. The van der Waals surface area contributed by atoms with Gasteiger partial charge in [0.15, 0.2) is 5.75 Å². The Kier molecular flexibility index (Phi) is 5.95. The summed E-state index contributed by atoms with van der Waals surface area (Å²) < 4.78 is 5.59. The number of rotatable bonds is 7. The summed E-state index contributed by atoms with van der Waals surface area (Å²) in [6.45, 7) is 4.50. The first-order valence-electron chi connectivity index (χ1n) is 6.26. The lowest BCUT2D eigenvalue weighted by Gasteiger charge is -2.22. The molecule has 0 aliphatic heterocycles. The van der Waals surface area contributed by atoms with Crippen LogP contribution in [0.3, 0.4) is 0 Å². The number of benzene rings is 1. The Morgan fingerprint density at radius 2 is 1.84 bits per heavy atom. The van der Waals surface area contributed by atoms with Crippen molar-refractivity contribution in [2.24, 2.45) is 11.1 Å². The van der Waals surface area contributed by atoms with Gasteiger partial charge >= 0.3 is 0 Å². The van der Waals surface area contributed by atoms with Crippen LogP contribution in [-0.4, -0.2) is 12.4 Å². The van der Waals surface area contributed by atoms with Crippen molar-refractivity contribution < 1.29 is 4.74 Å². The fourth-order valence-corrected chi connectivity index (χ4v) is 2.10. The lowest BCUT2D eigenvalue weighted by Crippen LogP contribution is -2.30. The molecule has 0 aromatic heterocycles. The minimum absolute atomic E-state index is 0.225. The Hall–Kier alpha value is -0.930. The molecule has 0 unspecified atom stereocenters. The summed E-state index contributed by atoms with van der Waals surface area (Å²) in [5.41, 5.74) is 5.28. The van der Waals surface area contributed by atoms with Crippen LogP contribution in [0.5, 0.6) is 5.75 Å². The molecule has 5 heteroatoms. The Morgan fingerprint density at radius 3 is 2.37 bits per heavy atom. The van der Waals surface area contributed by atoms with Crippen LogP contribution in [0.2, 0.25) is 10.0 Å². The molecule has 0 radical (unpaired) electrons. The molecule has 106 valence electrons. The van der Waals surface area contributed by atoms with Crippen molar-refractivity contribution in [1.82, 2.24) is 0 Å².